The first-order valence-corrected chi connectivity index (χ1v) is 12.3. The number of carbonyl (C=O) groups excluding carboxylic acids is 1. The Labute approximate surface area is 188 Å². The van der Waals surface area contributed by atoms with Gasteiger partial charge in [-0.05, 0) is 64.9 Å². The van der Waals surface area contributed by atoms with Gasteiger partial charge in [0.1, 0.15) is 12.2 Å². The second kappa shape index (κ2) is 10.4. The monoisotopic (exact) mass is 430 g/mol. The third-order valence-corrected chi connectivity index (χ3v) is 7.51. The first-order valence-electron chi connectivity index (χ1n) is 12.3. The summed E-state index contributed by atoms with van der Waals surface area (Å²) in [6, 6.07) is 10.6. The fourth-order valence-corrected chi connectivity index (χ4v) is 5.52. The number of benzene rings is 1. The third kappa shape index (κ3) is 5.43. The average Bonchev–Trinajstić information content (AvgIpc) is 2.78. The fraction of sp³-hybridized carbons (Fsp3) is 0.731. The summed E-state index contributed by atoms with van der Waals surface area (Å²) < 4.78 is 6.13. The van der Waals surface area contributed by atoms with E-state index in [0.29, 0.717) is 0 Å². The molecule has 0 spiro atoms. The Hall–Kier alpha value is -1.59. The molecular formula is C26H42N2O3. The molecular weight excluding hydrogens is 388 g/mol. The van der Waals surface area contributed by atoms with E-state index < -0.39 is 0 Å². The van der Waals surface area contributed by atoms with E-state index in [2.05, 4.69) is 57.1 Å². The van der Waals surface area contributed by atoms with Gasteiger partial charge in [-0.3, -0.25) is 4.84 Å². The molecule has 2 unspecified atom stereocenters. The molecule has 31 heavy (non-hydrogen) atoms. The van der Waals surface area contributed by atoms with Crippen LogP contribution in [0.25, 0.3) is 0 Å². The van der Waals surface area contributed by atoms with Crippen LogP contribution >= 0.6 is 0 Å². The van der Waals surface area contributed by atoms with Gasteiger partial charge >= 0.3 is 6.09 Å². The Balaban J connectivity index is 1.78. The standard InChI is InChI=1S/C26H42N2O3/c1-6-26(7-2)23(30-24(29)27-22-16-12-9-13-17-22)18-19-25(4,5)28(26)31-20(3)21-14-10-8-11-15-21/h8,10-11,14-15,20,22-23H,6-7,9,12-13,16-19H2,1-5H3,(H,27,29). The molecule has 1 aromatic carbocycles. The van der Waals surface area contributed by atoms with Crippen LogP contribution in [0, 0.1) is 0 Å². The van der Waals surface area contributed by atoms with E-state index in [1.54, 1.807) is 0 Å². The van der Waals surface area contributed by atoms with Gasteiger partial charge in [0.2, 0.25) is 0 Å². The maximum atomic E-state index is 12.8. The summed E-state index contributed by atoms with van der Waals surface area (Å²) in [5, 5.41) is 5.31. The number of nitrogens with one attached hydrogen (secondary N) is 1. The maximum Gasteiger partial charge on any atom is 0.407 e. The molecule has 1 N–H and O–H groups in total. The lowest BCUT2D eigenvalue weighted by molar-refractivity contribution is -0.332. The van der Waals surface area contributed by atoms with Gasteiger partial charge < -0.3 is 10.1 Å². The molecule has 1 aliphatic carbocycles. The minimum atomic E-state index is -0.352. The normalized spacial score (nSPS) is 25.0. The molecule has 3 rings (SSSR count). The zero-order chi connectivity index (χ0) is 22.5. The van der Waals surface area contributed by atoms with Crippen molar-refractivity contribution in [3.05, 3.63) is 35.9 Å². The van der Waals surface area contributed by atoms with Crippen molar-refractivity contribution in [2.75, 3.05) is 0 Å². The van der Waals surface area contributed by atoms with Crippen molar-refractivity contribution in [3.63, 3.8) is 0 Å². The number of nitrogens with zero attached hydrogens (tertiary/aromatic N) is 1. The van der Waals surface area contributed by atoms with Crippen molar-refractivity contribution in [2.24, 2.45) is 0 Å². The highest BCUT2D eigenvalue weighted by Crippen LogP contribution is 2.45. The molecule has 2 aliphatic rings. The largest absolute Gasteiger partial charge is 0.444 e. The highest BCUT2D eigenvalue weighted by molar-refractivity contribution is 5.68. The van der Waals surface area contributed by atoms with E-state index >= 15 is 0 Å². The van der Waals surface area contributed by atoms with Gasteiger partial charge in [0.25, 0.3) is 0 Å². The van der Waals surface area contributed by atoms with Crippen LogP contribution < -0.4 is 5.32 Å². The molecule has 0 radical (unpaired) electrons. The first kappa shape index (κ1) is 24.1. The predicted molar refractivity (Wildman–Crippen MR) is 125 cm³/mol. The lowest BCUT2D eigenvalue weighted by Gasteiger charge is -2.57. The van der Waals surface area contributed by atoms with Gasteiger partial charge in [0.15, 0.2) is 0 Å². The van der Waals surface area contributed by atoms with Gasteiger partial charge in [-0.15, -0.1) is 0 Å². The fourth-order valence-electron chi connectivity index (χ4n) is 5.52. The van der Waals surface area contributed by atoms with Crippen LogP contribution in [0.15, 0.2) is 30.3 Å². The van der Waals surface area contributed by atoms with E-state index in [4.69, 9.17) is 9.57 Å². The Bertz CT molecular complexity index is 696. The zero-order valence-corrected chi connectivity index (χ0v) is 20.2. The summed E-state index contributed by atoms with van der Waals surface area (Å²) in [6.45, 7) is 10.9. The summed E-state index contributed by atoms with van der Waals surface area (Å²) in [4.78, 5) is 19.5. The van der Waals surface area contributed by atoms with Gasteiger partial charge in [0.05, 0.1) is 5.54 Å². The Morgan fingerprint density at radius 1 is 1.10 bits per heavy atom. The number of amides is 1. The Kier molecular flexibility index (Phi) is 8.03. The summed E-state index contributed by atoms with van der Waals surface area (Å²) in [5.41, 5.74) is 0.654. The third-order valence-electron chi connectivity index (χ3n) is 7.51. The number of carbonyl (C=O) groups is 1. The molecule has 1 saturated heterocycles. The molecule has 2 fully saturated rings. The van der Waals surface area contributed by atoms with Crippen molar-refractivity contribution in [1.82, 2.24) is 10.4 Å². The molecule has 2 atom stereocenters. The van der Waals surface area contributed by atoms with E-state index in [1.165, 1.54) is 19.3 Å². The smallest absolute Gasteiger partial charge is 0.407 e. The van der Waals surface area contributed by atoms with E-state index in [1.807, 2.05) is 18.2 Å². The number of alkyl carbamates (subject to hydrolysis) is 1. The Morgan fingerprint density at radius 3 is 2.35 bits per heavy atom. The van der Waals surface area contributed by atoms with Crippen molar-refractivity contribution in [2.45, 2.75) is 122 Å². The molecule has 5 heteroatoms. The van der Waals surface area contributed by atoms with Crippen LogP contribution in [0.5, 0.6) is 0 Å². The predicted octanol–water partition coefficient (Wildman–Crippen LogP) is 6.54. The molecule has 0 bridgehead atoms. The number of rotatable bonds is 7. The summed E-state index contributed by atoms with van der Waals surface area (Å²) in [7, 11) is 0. The highest BCUT2D eigenvalue weighted by Gasteiger charge is 2.54. The van der Waals surface area contributed by atoms with Gasteiger partial charge in [-0.1, -0.05) is 63.4 Å². The molecule has 1 aliphatic heterocycles. The number of piperidine rings is 1. The molecule has 0 aromatic heterocycles. The molecule has 174 valence electrons. The van der Waals surface area contributed by atoms with E-state index in [9.17, 15) is 4.79 Å². The average molecular weight is 431 g/mol. The summed E-state index contributed by atoms with van der Waals surface area (Å²) >= 11 is 0. The lowest BCUT2D eigenvalue weighted by Crippen LogP contribution is -2.67. The molecule has 1 heterocycles. The highest BCUT2D eigenvalue weighted by atomic mass is 16.7. The lowest BCUT2D eigenvalue weighted by atomic mass is 9.74. The summed E-state index contributed by atoms with van der Waals surface area (Å²) in [6.07, 6.45) is 8.72. The zero-order valence-electron chi connectivity index (χ0n) is 20.2. The van der Waals surface area contributed by atoms with Gasteiger partial charge in [-0.25, -0.2) is 4.79 Å². The second-order valence-electron chi connectivity index (χ2n) is 9.99. The quantitative estimate of drug-likeness (QED) is 0.533. The van der Waals surface area contributed by atoms with Crippen molar-refractivity contribution >= 4 is 6.09 Å². The number of hydrogen-bond acceptors (Lipinski definition) is 4. The maximum absolute atomic E-state index is 12.8. The topological polar surface area (TPSA) is 50.8 Å². The van der Waals surface area contributed by atoms with Gasteiger partial charge in [-0.2, -0.15) is 5.06 Å². The van der Waals surface area contributed by atoms with Crippen molar-refractivity contribution in [1.29, 1.82) is 0 Å². The SMILES string of the molecule is CCC1(CC)C(OC(=O)NC2CCCCC2)CCC(C)(C)N1OC(C)c1ccccc1. The first-order chi connectivity index (χ1) is 14.8. The van der Waals surface area contributed by atoms with Crippen LogP contribution in [-0.2, 0) is 9.57 Å². The minimum absolute atomic E-state index is 0.0761. The number of hydroxylamine groups is 2. The minimum Gasteiger partial charge on any atom is -0.444 e. The molecule has 5 nitrogen and oxygen atoms in total. The van der Waals surface area contributed by atoms with E-state index in [0.717, 1.165) is 44.1 Å². The van der Waals surface area contributed by atoms with Gasteiger partial charge in [0, 0.05) is 11.6 Å². The van der Waals surface area contributed by atoms with Crippen LogP contribution in [0.1, 0.15) is 104 Å². The Morgan fingerprint density at radius 2 is 1.74 bits per heavy atom. The second-order valence-corrected chi connectivity index (χ2v) is 9.99. The van der Waals surface area contributed by atoms with Crippen LogP contribution in [0.3, 0.4) is 0 Å². The van der Waals surface area contributed by atoms with E-state index in [-0.39, 0.29) is 35.4 Å². The van der Waals surface area contributed by atoms with Crippen molar-refractivity contribution in [3.8, 4) is 0 Å². The molecule has 1 amide bonds. The van der Waals surface area contributed by atoms with Crippen molar-refractivity contribution < 1.29 is 14.4 Å². The molecule has 1 saturated carbocycles. The number of ether oxygens (including phenoxy) is 1. The number of hydrogen-bond donors (Lipinski definition) is 1. The molecule has 1 aromatic rings. The van der Waals surface area contributed by atoms with Crippen LogP contribution in [0.2, 0.25) is 0 Å². The van der Waals surface area contributed by atoms with Crippen LogP contribution in [0.4, 0.5) is 4.79 Å². The summed E-state index contributed by atoms with van der Waals surface area (Å²) in [5.74, 6) is 0. The van der Waals surface area contributed by atoms with Crippen LogP contribution in [-0.4, -0.2) is 34.4 Å².